The molecule has 0 radical (unpaired) electrons. The lowest BCUT2D eigenvalue weighted by molar-refractivity contribution is 0.0955. The lowest BCUT2D eigenvalue weighted by atomic mass is 10.1. The van der Waals surface area contributed by atoms with Crippen molar-refractivity contribution in [1.82, 2.24) is 5.32 Å². The van der Waals surface area contributed by atoms with Gasteiger partial charge in [0.25, 0.3) is 5.91 Å². The van der Waals surface area contributed by atoms with Crippen LogP contribution < -0.4 is 5.32 Å². The normalized spacial score (nSPS) is 10.2. The molecule has 0 aliphatic rings. The zero-order valence-corrected chi connectivity index (χ0v) is 11.6. The highest BCUT2D eigenvalue weighted by molar-refractivity contribution is 9.08. The number of alkyl halides is 1. The predicted octanol–water partition coefficient (Wildman–Crippen LogP) is 3.57. The van der Waals surface area contributed by atoms with E-state index in [9.17, 15) is 4.79 Å². The van der Waals surface area contributed by atoms with Gasteiger partial charge in [0.1, 0.15) is 0 Å². The maximum Gasteiger partial charge on any atom is 0.261 e. The summed E-state index contributed by atoms with van der Waals surface area (Å²) in [6.45, 7) is 0.567. The molecule has 0 unspecified atom stereocenters. The standard InChI is InChI=1S/C13H12BrNOS/c14-8-10-3-1-4-11(7-10)9-15-13(16)12-5-2-6-17-12/h1-7H,8-9H2,(H,15,16). The Morgan fingerprint density at radius 1 is 1.24 bits per heavy atom. The second kappa shape index (κ2) is 5.98. The molecule has 0 fully saturated rings. The fourth-order valence-electron chi connectivity index (χ4n) is 1.50. The number of hydrogen-bond acceptors (Lipinski definition) is 2. The summed E-state index contributed by atoms with van der Waals surface area (Å²) in [4.78, 5) is 12.5. The minimum Gasteiger partial charge on any atom is -0.347 e. The summed E-state index contributed by atoms with van der Waals surface area (Å²) in [7, 11) is 0. The molecule has 0 aliphatic heterocycles. The van der Waals surface area contributed by atoms with E-state index in [0.717, 1.165) is 15.8 Å². The Morgan fingerprint density at radius 2 is 2.06 bits per heavy atom. The second-order valence-corrected chi connectivity index (χ2v) is 5.12. The Balaban J connectivity index is 1.95. The first-order chi connectivity index (χ1) is 8.29. The van der Waals surface area contributed by atoms with E-state index in [-0.39, 0.29) is 5.91 Å². The van der Waals surface area contributed by atoms with Crippen LogP contribution in [0, 0.1) is 0 Å². The van der Waals surface area contributed by atoms with Crippen LogP contribution in [0.4, 0.5) is 0 Å². The van der Waals surface area contributed by atoms with Crippen LogP contribution in [0.2, 0.25) is 0 Å². The monoisotopic (exact) mass is 309 g/mol. The topological polar surface area (TPSA) is 29.1 Å². The first kappa shape index (κ1) is 12.3. The van der Waals surface area contributed by atoms with Crippen LogP contribution in [-0.4, -0.2) is 5.91 Å². The summed E-state index contributed by atoms with van der Waals surface area (Å²) < 4.78 is 0. The van der Waals surface area contributed by atoms with Gasteiger partial charge in [-0.15, -0.1) is 11.3 Å². The molecule has 1 N–H and O–H groups in total. The minimum absolute atomic E-state index is 0.00996. The summed E-state index contributed by atoms with van der Waals surface area (Å²) in [5.41, 5.74) is 2.33. The van der Waals surface area contributed by atoms with Crippen LogP contribution in [0.1, 0.15) is 20.8 Å². The van der Waals surface area contributed by atoms with Gasteiger partial charge in [-0.2, -0.15) is 0 Å². The molecular formula is C13H12BrNOS. The minimum atomic E-state index is -0.00996. The molecule has 1 aromatic heterocycles. The molecule has 1 heterocycles. The first-order valence-corrected chi connectivity index (χ1v) is 7.25. The van der Waals surface area contributed by atoms with Gasteiger partial charge in [0.2, 0.25) is 0 Å². The average molecular weight is 310 g/mol. The van der Waals surface area contributed by atoms with E-state index in [0.29, 0.717) is 6.54 Å². The molecule has 1 amide bonds. The Hall–Kier alpha value is -1.13. The second-order valence-electron chi connectivity index (χ2n) is 3.61. The lowest BCUT2D eigenvalue weighted by Crippen LogP contribution is -2.21. The molecule has 17 heavy (non-hydrogen) atoms. The van der Waals surface area contributed by atoms with Crippen LogP contribution in [-0.2, 0) is 11.9 Å². The van der Waals surface area contributed by atoms with Crippen molar-refractivity contribution < 1.29 is 4.79 Å². The molecule has 0 spiro atoms. The van der Waals surface area contributed by atoms with Gasteiger partial charge in [-0.05, 0) is 22.6 Å². The number of halogens is 1. The summed E-state index contributed by atoms with van der Waals surface area (Å²) >= 11 is 4.87. The number of carbonyl (C=O) groups excluding carboxylic acids is 1. The molecule has 2 nitrogen and oxygen atoms in total. The highest BCUT2D eigenvalue weighted by Crippen LogP contribution is 2.10. The number of carbonyl (C=O) groups is 1. The fraction of sp³-hybridized carbons (Fsp3) is 0.154. The molecule has 0 bridgehead atoms. The van der Waals surface area contributed by atoms with Crippen LogP contribution in [0.25, 0.3) is 0 Å². The van der Waals surface area contributed by atoms with E-state index < -0.39 is 0 Å². The van der Waals surface area contributed by atoms with Gasteiger partial charge in [0, 0.05) is 11.9 Å². The van der Waals surface area contributed by atoms with E-state index in [2.05, 4.69) is 33.4 Å². The average Bonchev–Trinajstić information content (AvgIpc) is 2.90. The van der Waals surface area contributed by atoms with Gasteiger partial charge >= 0.3 is 0 Å². The Bertz CT molecular complexity index is 496. The summed E-state index contributed by atoms with van der Waals surface area (Å²) in [5.74, 6) is -0.00996. The van der Waals surface area contributed by atoms with Gasteiger partial charge in [-0.25, -0.2) is 0 Å². The van der Waals surface area contributed by atoms with Gasteiger partial charge in [-0.1, -0.05) is 46.3 Å². The third-order valence-electron chi connectivity index (χ3n) is 2.34. The molecule has 0 atom stereocenters. The van der Waals surface area contributed by atoms with E-state index in [4.69, 9.17) is 0 Å². The first-order valence-electron chi connectivity index (χ1n) is 5.25. The number of hydrogen-bond donors (Lipinski definition) is 1. The smallest absolute Gasteiger partial charge is 0.261 e. The van der Waals surface area contributed by atoms with Crippen LogP contribution >= 0.6 is 27.3 Å². The number of amides is 1. The largest absolute Gasteiger partial charge is 0.347 e. The summed E-state index contributed by atoms with van der Waals surface area (Å²) in [5, 5.41) is 5.65. The zero-order valence-electron chi connectivity index (χ0n) is 9.15. The third kappa shape index (κ3) is 3.41. The molecule has 0 aliphatic carbocycles. The van der Waals surface area contributed by atoms with Crippen LogP contribution in [0.3, 0.4) is 0 Å². The van der Waals surface area contributed by atoms with Gasteiger partial charge in [-0.3, -0.25) is 4.79 Å². The highest BCUT2D eigenvalue weighted by atomic mass is 79.9. The van der Waals surface area contributed by atoms with Crippen molar-refractivity contribution in [3.8, 4) is 0 Å². The maximum atomic E-state index is 11.7. The molecule has 1 aromatic carbocycles. The number of benzene rings is 1. The summed E-state index contributed by atoms with van der Waals surface area (Å²) in [6.07, 6.45) is 0. The zero-order chi connectivity index (χ0) is 12.1. The lowest BCUT2D eigenvalue weighted by Gasteiger charge is -2.05. The van der Waals surface area contributed by atoms with Crippen molar-refractivity contribution in [2.24, 2.45) is 0 Å². The quantitative estimate of drug-likeness (QED) is 0.859. The summed E-state index contributed by atoms with van der Waals surface area (Å²) in [6, 6.07) is 11.9. The van der Waals surface area contributed by atoms with E-state index in [1.54, 1.807) is 0 Å². The van der Waals surface area contributed by atoms with Crippen molar-refractivity contribution in [3.63, 3.8) is 0 Å². The van der Waals surface area contributed by atoms with Gasteiger partial charge in [0.05, 0.1) is 4.88 Å². The molecule has 88 valence electrons. The molecule has 0 saturated carbocycles. The van der Waals surface area contributed by atoms with E-state index in [1.165, 1.54) is 16.9 Å². The molecule has 2 rings (SSSR count). The van der Waals surface area contributed by atoms with Crippen molar-refractivity contribution >= 4 is 33.2 Å². The van der Waals surface area contributed by atoms with Crippen molar-refractivity contribution in [2.45, 2.75) is 11.9 Å². The number of nitrogens with one attached hydrogen (secondary N) is 1. The van der Waals surface area contributed by atoms with E-state index in [1.807, 2.05) is 29.6 Å². The Morgan fingerprint density at radius 3 is 2.76 bits per heavy atom. The van der Waals surface area contributed by atoms with E-state index >= 15 is 0 Å². The highest BCUT2D eigenvalue weighted by Gasteiger charge is 2.05. The van der Waals surface area contributed by atoms with Crippen molar-refractivity contribution in [2.75, 3.05) is 0 Å². The molecular weight excluding hydrogens is 298 g/mol. The number of rotatable bonds is 4. The number of thiophene rings is 1. The Labute approximate surface area is 113 Å². The predicted molar refractivity (Wildman–Crippen MR) is 74.6 cm³/mol. The van der Waals surface area contributed by atoms with Crippen molar-refractivity contribution in [1.29, 1.82) is 0 Å². The maximum absolute atomic E-state index is 11.7. The fourth-order valence-corrected chi connectivity index (χ4v) is 2.49. The third-order valence-corrected chi connectivity index (χ3v) is 3.86. The van der Waals surface area contributed by atoms with Gasteiger partial charge in [0.15, 0.2) is 0 Å². The van der Waals surface area contributed by atoms with Crippen LogP contribution in [0.5, 0.6) is 0 Å². The SMILES string of the molecule is O=C(NCc1cccc(CBr)c1)c1cccs1. The molecule has 4 heteroatoms. The van der Waals surface area contributed by atoms with Gasteiger partial charge < -0.3 is 5.32 Å². The van der Waals surface area contributed by atoms with Crippen molar-refractivity contribution in [3.05, 3.63) is 57.8 Å². The van der Waals surface area contributed by atoms with Crippen LogP contribution in [0.15, 0.2) is 41.8 Å². The Kier molecular flexibility index (Phi) is 4.34. The molecule has 0 saturated heterocycles. The molecule has 2 aromatic rings.